The summed E-state index contributed by atoms with van der Waals surface area (Å²) in [5.74, 6) is 0.867. The summed E-state index contributed by atoms with van der Waals surface area (Å²) in [7, 11) is 3.91. The van der Waals surface area contributed by atoms with Gasteiger partial charge < -0.3 is 10.6 Å². The second-order valence-corrected chi connectivity index (χ2v) is 4.85. The average Bonchev–Trinajstić information content (AvgIpc) is 2.83. The molecule has 0 fully saturated rings. The third-order valence-electron chi connectivity index (χ3n) is 3.18. The molecule has 2 heterocycles. The topological polar surface area (TPSA) is 72.9 Å². The van der Waals surface area contributed by atoms with Gasteiger partial charge in [-0.2, -0.15) is 5.10 Å². The fourth-order valence-electron chi connectivity index (χ4n) is 2.27. The minimum absolute atomic E-state index is 0.711. The van der Waals surface area contributed by atoms with Crippen LogP contribution in [0.3, 0.4) is 0 Å². The Morgan fingerprint density at radius 1 is 1.30 bits per heavy atom. The number of aryl methyl sites for hydroxylation is 1. The maximum atomic E-state index is 5.86. The molecule has 1 aromatic carbocycles. The van der Waals surface area contributed by atoms with Crippen LogP contribution in [0.25, 0.3) is 10.9 Å². The van der Waals surface area contributed by atoms with E-state index in [0.29, 0.717) is 5.69 Å². The highest BCUT2D eigenvalue weighted by atomic mass is 15.2. The van der Waals surface area contributed by atoms with E-state index in [0.717, 1.165) is 28.8 Å². The summed E-state index contributed by atoms with van der Waals surface area (Å²) in [6.45, 7) is 0.731. The first-order valence-corrected chi connectivity index (χ1v) is 6.32. The van der Waals surface area contributed by atoms with Crippen molar-refractivity contribution in [2.75, 3.05) is 17.7 Å². The Hall–Kier alpha value is -2.63. The molecule has 0 aliphatic heterocycles. The molecule has 6 nitrogen and oxygen atoms in total. The Morgan fingerprint density at radius 2 is 2.15 bits per heavy atom. The predicted octanol–water partition coefficient (Wildman–Crippen LogP) is 1.58. The van der Waals surface area contributed by atoms with Crippen molar-refractivity contribution in [1.82, 2.24) is 19.7 Å². The Balaban J connectivity index is 1.98. The molecule has 0 spiro atoms. The number of rotatable bonds is 3. The summed E-state index contributed by atoms with van der Waals surface area (Å²) in [5.41, 5.74) is 8.59. The van der Waals surface area contributed by atoms with Crippen molar-refractivity contribution in [1.29, 1.82) is 0 Å². The predicted molar refractivity (Wildman–Crippen MR) is 79.3 cm³/mol. The first-order valence-electron chi connectivity index (χ1n) is 6.32. The van der Waals surface area contributed by atoms with Crippen LogP contribution in [0.1, 0.15) is 5.56 Å². The first kappa shape index (κ1) is 12.4. The van der Waals surface area contributed by atoms with Crippen LogP contribution in [0, 0.1) is 0 Å². The molecule has 0 radical (unpaired) electrons. The average molecular weight is 268 g/mol. The van der Waals surface area contributed by atoms with Crippen LogP contribution < -0.4 is 10.6 Å². The summed E-state index contributed by atoms with van der Waals surface area (Å²) < 4.78 is 1.79. The zero-order chi connectivity index (χ0) is 14.1. The van der Waals surface area contributed by atoms with Crippen molar-refractivity contribution >= 4 is 22.4 Å². The zero-order valence-electron chi connectivity index (χ0n) is 11.5. The van der Waals surface area contributed by atoms with Crippen molar-refractivity contribution in [3.8, 4) is 0 Å². The lowest BCUT2D eigenvalue weighted by Crippen LogP contribution is -2.18. The van der Waals surface area contributed by atoms with E-state index in [1.807, 2.05) is 44.7 Å². The van der Waals surface area contributed by atoms with E-state index in [4.69, 9.17) is 5.73 Å². The molecule has 0 bridgehead atoms. The van der Waals surface area contributed by atoms with Crippen molar-refractivity contribution in [2.24, 2.45) is 7.05 Å². The quantitative estimate of drug-likeness (QED) is 0.730. The van der Waals surface area contributed by atoms with Crippen LogP contribution in [-0.2, 0) is 13.6 Å². The highest BCUT2D eigenvalue weighted by molar-refractivity contribution is 5.91. The van der Waals surface area contributed by atoms with Gasteiger partial charge in [0, 0.05) is 43.5 Å². The molecule has 2 aromatic heterocycles. The van der Waals surface area contributed by atoms with Crippen molar-refractivity contribution in [3.05, 3.63) is 42.5 Å². The van der Waals surface area contributed by atoms with Gasteiger partial charge in [0.1, 0.15) is 12.1 Å². The number of fused-ring (bicyclic) bond motifs is 1. The molecule has 2 N–H and O–H groups in total. The smallest absolute Gasteiger partial charge is 0.139 e. The summed E-state index contributed by atoms with van der Waals surface area (Å²) in [5, 5.41) is 5.13. The molecular weight excluding hydrogens is 252 g/mol. The highest BCUT2D eigenvalue weighted by Crippen LogP contribution is 2.24. The Kier molecular flexibility index (Phi) is 2.98. The lowest BCUT2D eigenvalue weighted by molar-refractivity contribution is 0.766. The number of nitrogen functional groups attached to an aromatic ring is 1. The molecule has 0 unspecified atom stereocenters. The molecule has 0 saturated heterocycles. The molecule has 3 aromatic rings. The van der Waals surface area contributed by atoms with Crippen LogP contribution in [0.4, 0.5) is 11.5 Å². The second-order valence-electron chi connectivity index (χ2n) is 4.85. The molecule has 102 valence electrons. The molecule has 0 amide bonds. The number of hydrogen-bond acceptors (Lipinski definition) is 5. The molecule has 3 rings (SSSR count). The largest absolute Gasteiger partial charge is 0.399 e. The van der Waals surface area contributed by atoms with E-state index < -0.39 is 0 Å². The van der Waals surface area contributed by atoms with E-state index in [1.165, 1.54) is 0 Å². The van der Waals surface area contributed by atoms with Gasteiger partial charge in [0.15, 0.2) is 0 Å². The monoisotopic (exact) mass is 268 g/mol. The summed E-state index contributed by atoms with van der Waals surface area (Å²) in [6, 6.07) is 5.67. The highest BCUT2D eigenvalue weighted by Gasteiger charge is 2.10. The number of nitrogens with zero attached hydrogens (tertiary/aromatic N) is 5. The number of aromatic nitrogens is 4. The van der Waals surface area contributed by atoms with Gasteiger partial charge in [-0.25, -0.2) is 9.97 Å². The summed E-state index contributed by atoms with van der Waals surface area (Å²) >= 11 is 0. The van der Waals surface area contributed by atoms with Gasteiger partial charge in [0.05, 0.1) is 11.7 Å². The van der Waals surface area contributed by atoms with Gasteiger partial charge in [-0.05, 0) is 18.2 Å². The van der Waals surface area contributed by atoms with E-state index in [-0.39, 0.29) is 0 Å². The maximum absolute atomic E-state index is 5.86. The van der Waals surface area contributed by atoms with Gasteiger partial charge in [-0.1, -0.05) is 0 Å². The fourth-order valence-corrected chi connectivity index (χ4v) is 2.27. The number of benzene rings is 1. The van der Waals surface area contributed by atoms with Crippen molar-refractivity contribution in [2.45, 2.75) is 6.54 Å². The van der Waals surface area contributed by atoms with Crippen LogP contribution in [0.5, 0.6) is 0 Å². The first-order chi connectivity index (χ1) is 9.63. The van der Waals surface area contributed by atoms with E-state index in [1.54, 1.807) is 11.0 Å². The minimum Gasteiger partial charge on any atom is -0.399 e. The minimum atomic E-state index is 0.711. The zero-order valence-corrected chi connectivity index (χ0v) is 11.5. The van der Waals surface area contributed by atoms with Gasteiger partial charge in [0.25, 0.3) is 0 Å². The number of anilines is 2. The summed E-state index contributed by atoms with van der Waals surface area (Å²) in [6.07, 6.45) is 5.43. The molecule has 20 heavy (non-hydrogen) atoms. The van der Waals surface area contributed by atoms with Crippen LogP contribution >= 0.6 is 0 Å². The van der Waals surface area contributed by atoms with Crippen molar-refractivity contribution in [3.63, 3.8) is 0 Å². The normalized spacial score (nSPS) is 10.9. The Labute approximate surface area is 116 Å². The molecule has 0 aliphatic carbocycles. The van der Waals surface area contributed by atoms with E-state index in [9.17, 15) is 0 Å². The second kappa shape index (κ2) is 4.80. The van der Waals surface area contributed by atoms with Crippen LogP contribution in [0.2, 0.25) is 0 Å². The number of nitrogens with two attached hydrogens (primary N) is 1. The molecule has 0 atom stereocenters. The third kappa shape index (κ3) is 2.27. The maximum Gasteiger partial charge on any atom is 0.139 e. The van der Waals surface area contributed by atoms with Crippen molar-refractivity contribution < 1.29 is 0 Å². The van der Waals surface area contributed by atoms with Gasteiger partial charge in [-0.15, -0.1) is 0 Å². The Bertz CT molecular complexity index is 748. The lowest BCUT2D eigenvalue weighted by atomic mass is 10.2. The standard InChI is InChI=1S/C14H16N6/c1-19(7-10-6-18-20(2)8-10)14-12-5-11(15)3-4-13(12)16-9-17-14/h3-6,8-9H,7,15H2,1-2H3. The number of hydrogen-bond donors (Lipinski definition) is 1. The van der Waals surface area contributed by atoms with Crippen LogP contribution in [0.15, 0.2) is 36.9 Å². The third-order valence-corrected chi connectivity index (χ3v) is 3.18. The lowest BCUT2D eigenvalue weighted by Gasteiger charge is -2.18. The molecular formula is C14H16N6. The SMILES string of the molecule is CN(Cc1cnn(C)c1)c1ncnc2ccc(N)cc12. The molecule has 6 heteroatoms. The van der Waals surface area contributed by atoms with E-state index in [2.05, 4.69) is 20.0 Å². The Morgan fingerprint density at radius 3 is 2.90 bits per heavy atom. The van der Waals surface area contributed by atoms with Gasteiger partial charge in [0.2, 0.25) is 0 Å². The summed E-state index contributed by atoms with van der Waals surface area (Å²) in [4.78, 5) is 10.7. The van der Waals surface area contributed by atoms with Gasteiger partial charge in [-0.3, -0.25) is 4.68 Å². The fraction of sp³-hybridized carbons (Fsp3) is 0.214. The molecule has 0 saturated carbocycles. The molecule has 0 aliphatic rings. The van der Waals surface area contributed by atoms with Crippen LogP contribution in [-0.4, -0.2) is 26.8 Å². The van der Waals surface area contributed by atoms with Gasteiger partial charge >= 0.3 is 0 Å². The van der Waals surface area contributed by atoms with E-state index >= 15 is 0 Å².